The normalized spacial score (nSPS) is 15.9. The predicted molar refractivity (Wildman–Crippen MR) is 98.9 cm³/mol. The van der Waals surface area contributed by atoms with Gasteiger partial charge in [-0.05, 0) is 43.7 Å². The highest BCUT2D eigenvalue weighted by Crippen LogP contribution is 2.36. The third-order valence-corrected chi connectivity index (χ3v) is 4.65. The molecule has 26 heavy (non-hydrogen) atoms. The Bertz CT molecular complexity index is 770. The second-order valence-corrected chi connectivity index (χ2v) is 6.23. The van der Waals surface area contributed by atoms with Crippen molar-refractivity contribution in [2.45, 2.75) is 26.3 Å². The first kappa shape index (κ1) is 18.3. The summed E-state index contributed by atoms with van der Waals surface area (Å²) >= 11 is 0. The van der Waals surface area contributed by atoms with Crippen LogP contribution in [0.5, 0.6) is 11.5 Å². The molecule has 2 aromatic carbocycles. The monoisotopic (exact) mass is 356 g/mol. The van der Waals surface area contributed by atoms with Gasteiger partial charge in [-0.3, -0.25) is 0 Å². The molecule has 0 aliphatic carbocycles. The van der Waals surface area contributed by atoms with E-state index in [2.05, 4.69) is 17.4 Å². The van der Waals surface area contributed by atoms with Crippen LogP contribution in [0, 0.1) is 0 Å². The van der Waals surface area contributed by atoms with Crippen LogP contribution in [0.25, 0.3) is 0 Å². The van der Waals surface area contributed by atoms with E-state index in [1.165, 1.54) is 18.2 Å². The molecule has 3 rings (SSSR count). The highest BCUT2D eigenvalue weighted by molar-refractivity contribution is 5.89. The Morgan fingerprint density at radius 2 is 1.73 bits per heavy atom. The largest absolute Gasteiger partial charge is 0.490 e. The summed E-state index contributed by atoms with van der Waals surface area (Å²) in [5.74, 6) is 1.29. The smallest absolute Gasteiger partial charge is 0.337 e. The molecule has 0 saturated carbocycles. The lowest BCUT2D eigenvalue weighted by atomic mass is 9.89. The van der Waals surface area contributed by atoms with E-state index in [-0.39, 0.29) is 12.0 Å². The quantitative estimate of drug-likeness (QED) is 0.808. The number of hydrogen-bond acceptors (Lipinski definition) is 4. The van der Waals surface area contributed by atoms with Gasteiger partial charge in [0.15, 0.2) is 11.5 Å². The van der Waals surface area contributed by atoms with E-state index in [0.717, 1.165) is 30.0 Å². The molecule has 0 saturated heterocycles. The maximum absolute atomic E-state index is 11.7. The minimum atomic E-state index is -0.315. The van der Waals surface area contributed by atoms with Crippen molar-refractivity contribution < 1.29 is 24.3 Å². The third-order valence-electron chi connectivity index (χ3n) is 4.65. The molecule has 1 atom stereocenters. The lowest BCUT2D eigenvalue weighted by Crippen LogP contribution is -2.87. The van der Waals surface area contributed by atoms with E-state index >= 15 is 0 Å². The molecule has 1 aliphatic heterocycles. The molecule has 0 spiro atoms. The topological polar surface area (TPSA) is 61.4 Å². The molecule has 0 amide bonds. The van der Waals surface area contributed by atoms with Gasteiger partial charge in [0.1, 0.15) is 6.04 Å². The van der Waals surface area contributed by atoms with Crippen molar-refractivity contribution in [2.24, 2.45) is 0 Å². The first-order chi connectivity index (χ1) is 12.7. The van der Waals surface area contributed by atoms with E-state index in [1.807, 2.05) is 38.1 Å². The Morgan fingerprint density at radius 3 is 2.35 bits per heavy atom. The lowest BCUT2D eigenvalue weighted by molar-refractivity contribution is -0.690. The zero-order valence-corrected chi connectivity index (χ0v) is 15.6. The summed E-state index contributed by atoms with van der Waals surface area (Å²) in [6.07, 6.45) is 0.999. The van der Waals surface area contributed by atoms with Crippen molar-refractivity contribution >= 4 is 5.97 Å². The Kier molecular flexibility index (Phi) is 5.78. The van der Waals surface area contributed by atoms with Gasteiger partial charge < -0.3 is 19.5 Å². The molecule has 2 aromatic rings. The molecule has 0 unspecified atom stereocenters. The van der Waals surface area contributed by atoms with Crippen LogP contribution in [0.15, 0.2) is 36.4 Å². The molecule has 1 aliphatic rings. The van der Waals surface area contributed by atoms with Crippen LogP contribution in [-0.2, 0) is 11.2 Å². The average Bonchev–Trinajstić information content (AvgIpc) is 2.68. The van der Waals surface area contributed by atoms with Gasteiger partial charge in [0.25, 0.3) is 0 Å². The number of ether oxygens (including phenoxy) is 3. The van der Waals surface area contributed by atoms with E-state index in [1.54, 1.807) is 0 Å². The fourth-order valence-electron chi connectivity index (χ4n) is 3.45. The van der Waals surface area contributed by atoms with Crippen LogP contribution in [0.1, 0.15) is 46.9 Å². The number of nitrogens with two attached hydrogens (primary N) is 1. The van der Waals surface area contributed by atoms with Crippen LogP contribution in [-0.4, -0.2) is 32.8 Å². The van der Waals surface area contributed by atoms with Gasteiger partial charge in [-0.25, -0.2) is 4.79 Å². The molecular weight excluding hydrogens is 330 g/mol. The van der Waals surface area contributed by atoms with Crippen LogP contribution in [0.4, 0.5) is 0 Å². The molecule has 0 bridgehead atoms. The van der Waals surface area contributed by atoms with E-state index < -0.39 is 0 Å². The van der Waals surface area contributed by atoms with Gasteiger partial charge >= 0.3 is 5.97 Å². The van der Waals surface area contributed by atoms with Crippen molar-refractivity contribution in [2.75, 3.05) is 26.9 Å². The maximum atomic E-state index is 11.7. The highest BCUT2D eigenvalue weighted by Gasteiger charge is 2.27. The number of carbonyl (C=O) groups excluding carboxylic acids is 1. The molecule has 0 aromatic heterocycles. The number of hydrogen-bond donors (Lipinski definition) is 1. The zero-order chi connectivity index (χ0) is 18.5. The summed E-state index contributed by atoms with van der Waals surface area (Å²) in [6, 6.07) is 12.0. The summed E-state index contributed by atoms with van der Waals surface area (Å²) < 4.78 is 16.3. The fourth-order valence-corrected chi connectivity index (χ4v) is 3.45. The second kappa shape index (κ2) is 8.23. The number of carbonyl (C=O) groups is 1. The van der Waals surface area contributed by atoms with Gasteiger partial charge in [-0.2, -0.15) is 0 Å². The zero-order valence-electron chi connectivity index (χ0n) is 15.6. The second-order valence-electron chi connectivity index (χ2n) is 6.23. The van der Waals surface area contributed by atoms with Gasteiger partial charge in [0, 0.05) is 17.5 Å². The summed E-state index contributed by atoms with van der Waals surface area (Å²) in [6.45, 7) is 6.18. The Morgan fingerprint density at radius 1 is 1.08 bits per heavy atom. The highest BCUT2D eigenvalue weighted by atomic mass is 16.5. The first-order valence-corrected chi connectivity index (χ1v) is 9.11. The van der Waals surface area contributed by atoms with Gasteiger partial charge in [-0.15, -0.1) is 0 Å². The van der Waals surface area contributed by atoms with E-state index in [4.69, 9.17) is 14.2 Å². The number of esters is 1. The van der Waals surface area contributed by atoms with Crippen LogP contribution >= 0.6 is 0 Å². The minimum Gasteiger partial charge on any atom is -0.490 e. The SMILES string of the molecule is CCOc1cc2c(cc1OCC)[C@@H](c1ccc(C(=O)OC)cc1)[NH2+]CC2. The minimum absolute atomic E-state index is 0.181. The number of fused-ring (bicyclic) bond motifs is 1. The van der Waals surface area contributed by atoms with Crippen molar-refractivity contribution in [3.63, 3.8) is 0 Å². The maximum Gasteiger partial charge on any atom is 0.337 e. The van der Waals surface area contributed by atoms with Gasteiger partial charge in [0.2, 0.25) is 0 Å². The summed E-state index contributed by atoms with van der Waals surface area (Å²) in [5.41, 5.74) is 4.26. The molecular formula is C21H26NO4+. The molecule has 5 heteroatoms. The van der Waals surface area contributed by atoms with E-state index in [0.29, 0.717) is 18.8 Å². The van der Waals surface area contributed by atoms with Gasteiger partial charge in [-0.1, -0.05) is 12.1 Å². The Hall–Kier alpha value is -2.53. The standard InChI is InChI=1S/C21H25NO4/c1-4-25-18-12-16-10-11-22-20(17(16)13-19(18)26-5-2)14-6-8-15(9-7-14)21(23)24-3/h6-9,12-13,20,22H,4-5,10-11H2,1-3H3/p+1/t20-/m1/s1. The molecule has 0 radical (unpaired) electrons. The van der Waals surface area contributed by atoms with Gasteiger partial charge in [0.05, 0.1) is 32.4 Å². The average molecular weight is 356 g/mol. The molecule has 1 heterocycles. The van der Waals surface area contributed by atoms with E-state index in [9.17, 15) is 4.79 Å². The summed E-state index contributed by atoms with van der Waals surface area (Å²) in [5, 5.41) is 2.32. The molecule has 5 nitrogen and oxygen atoms in total. The number of methoxy groups -OCH3 is 1. The van der Waals surface area contributed by atoms with Crippen molar-refractivity contribution in [3.05, 3.63) is 58.7 Å². The summed E-state index contributed by atoms with van der Waals surface area (Å²) in [7, 11) is 1.40. The lowest BCUT2D eigenvalue weighted by Gasteiger charge is -2.26. The fraction of sp³-hybridized carbons (Fsp3) is 0.381. The Labute approximate surface area is 154 Å². The predicted octanol–water partition coefficient (Wildman–Crippen LogP) is 2.48. The van der Waals surface area contributed by atoms with Crippen LogP contribution < -0.4 is 14.8 Å². The molecule has 138 valence electrons. The molecule has 2 N–H and O–H groups in total. The van der Waals surface area contributed by atoms with Crippen molar-refractivity contribution in [1.82, 2.24) is 0 Å². The summed E-state index contributed by atoms with van der Waals surface area (Å²) in [4.78, 5) is 11.7. The number of rotatable bonds is 6. The molecule has 0 fully saturated rings. The first-order valence-electron chi connectivity index (χ1n) is 9.11. The van der Waals surface area contributed by atoms with Crippen molar-refractivity contribution in [3.8, 4) is 11.5 Å². The van der Waals surface area contributed by atoms with Crippen LogP contribution in [0.2, 0.25) is 0 Å². The Balaban J connectivity index is 1.97. The third kappa shape index (κ3) is 3.68. The van der Waals surface area contributed by atoms with Crippen molar-refractivity contribution in [1.29, 1.82) is 0 Å². The van der Waals surface area contributed by atoms with Crippen LogP contribution in [0.3, 0.4) is 0 Å². The number of benzene rings is 2. The number of quaternary nitrogens is 1.